The van der Waals surface area contributed by atoms with E-state index in [2.05, 4.69) is 38.4 Å². The first-order valence-electron chi connectivity index (χ1n) is 14.5. The number of methoxy groups -OCH3 is 1. The maximum atomic E-state index is 11.9. The maximum absolute atomic E-state index is 11.9. The molecule has 3 fully saturated rings. The van der Waals surface area contributed by atoms with Crippen LogP contribution in [0.4, 0.5) is 5.69 Å². The molecule has 0 saturated carbocycles. The van der Waals surface area contributed by atoms with Gasteiger partial charge in [-0.15, -0.1) is 0 Å². The number of likely N-dealkylation sites (tertiary alicyclic amines) is 1. The van der Waals surface area contributed by atoms with Crippen LogP contribution in [0.25, 0.3) is 0 Å². The Morgan fingerprint density at radius 2 is 1.72 bits per heavy atom. The van der Waals surface area contributed by atoms with Crippen LogP contribution in [0.3, 0.4) is 0 Å². The molecule has 0 aromatic heterocycles. The number of rotatable bonds is 8. The summed E-state index contributed by atoms with van der Waals surface area (Å²) >= 11 is 1.90. The first-order valence-corrected chi connectivity index (χ1v) is 15.2. The molecule has 0 radical (unpaired) electrons. The van der Waals surface area contributed by atoms with Crippen molar-refractivity contribution < 1.29 is 14.3 Å². The van der Waals surface area contributed by atoms with Gasteiger partial charge in [0.25, 0.3) is 0 Å². The summed E-state index contributed by atoms with van der Waals surface area (Å²) in [6.07, 6.45) is 7.68. The van der Waals surface area contributed by atoms with Crippen LogP contribution in [0.1, 0.15) is 70.7 Å². The van der Waals surface area contributed by atoms with Gasteiger partial charge < -0.3 is 20.3 Å². The Bertz CT molecular complexity index is 1120. The van der Waals surface area contributed by atoms with E-state index in [1.165, 1.54) is 50.0 Å². The van der Waals surface area contributed by atoms with Crippen molar-refractivity contribution in [2.24, 2.45) is 11.7 Å². The van der Waals surface area contributed by atoms with Crippen molar-refractivity contribution in [3.63, 3.8) is 0 Å². The summed E-state index contributed by atoms with van der Waals surface area (Å²) in [5.41, 5.74) is 9.30. The fourth-order valence-corrected chi connectivity index (χ4v) is 7.29. The average molecular weight is 551 g/mol. The van der Waals surface area contributed by atoms with E-state index in [9.17, 15) is 9.59 Å². The van der Waals surface area contributed by atoms with Gasteiger partial charge in [0, 0.05) is 54.9 Å². The Labute approximate surface area is 237 Å². The Kier molecular flexibility index (Phi) is 9.61. The lowest BCUT2D eigenvalue weighted by molar-refractivity contribution is 0.0598. The van der Waals surface area contributed by atoms with Crippen LogP contribution >= 0.6 is 11.9 Å². The van der Waals surface area contributed by atoms with Crippen molar-refractivity contribution in [2.45, 2.75) is 55.4 Å². The molecule has 2 aromatic rings. The second-order valence-electron chi connectivity index (χ2n) is 11.3. The number of carbonyl (C=O) groups excluding carboxylic acids is 2. The van der Waals surface area contributed by atoms with Crippen LogP contribution in [0.5, 0.6) is 0 Å². The van der Waals surface area contributed by atoms with E-state index in [0.717, 1.165) is 63.8 Å². The molecule has 39 heavy (non-hydrogen) atoms. The molecule has 2 N–H and O–H groups in total. The molecular formula is C31H42N4O3S. The third-order valence-electron chi connectivity index (χ3n) is 8.71. The fraction of sp³-hybridized carbons (Fsp3) is 0.548. The lowest BCUT2D eigenvalue weighted by Crippen LogP contribution is -2.41. The van der Waals surface area contributed by atoms with Gasteiger partial charge in [0.2, 0.25) is 0 Å². The molecule has 5 rings (SSSR count). The van der Waals surface area contributed by atoms with Gasteiger partial charge >= 0.3 is 5.97 Å². The molecule has 3 saturated heterocycles. The van der Waals surface area contributed by atoms with Gasteiger partial charge in [0.15, 0.2) is 6.29 Å². The summed E-state index contributed by atoms with van der Waals surface area (Å²) in [7, 11) is 1.34. The quantitative estimate of drug-likeness (QED) is 0.285. The van der Waals surface area contributed by atoms with Gasteiger partial charge in [0.1, 0.15) is 0 Å². The van der Waals surface area contributed by atoms with E-state index in [4.69, 9.17) is 10.5 Å². The van der Waals surface area contributed by atoms with Crippen molar-refractivity contribution >= 4 is 29.9 Å². The summed E-state index contributed by atoms with van der Waals surface area (Å²) < 4.78 is 7.26. The number of carbonyl (C=O) groups is 2. The van der Waals surface area contributed by atoms with Crippen molar-refractivity contribution in [3.05, 3.63) is 59.2 Å². The molecule has 7 nitrogen and oxygen atoms in total. The highest BCUT2D eigenvalue weighted by molar-refractivity contribution is 7.97. The fourth-order valence-electron chi connectivity index (χ4n) is 6.27. The van der Waals surface area contributed by atoms with E-state index in [0.29, 0.717) is 29.0 Å². The zero-order chi connectivity index (χ0) is 27.2. The SMILES string of the molecule is COC(=O)c1ccc(N2CCC(CN3CCC(c4cccc(SN5CCC(N)CC5)c4)CC3)CC2)cc1C=O. The van der Waals surface area contributed by atoms with Crippen molar-refractivity contribution in [3.8, 4) is 0 Å². The van der Waals surface area contributed by atoms with Crippen LogP contribution in [0.15, 0.2) is 47.4 Å². The maximum Gasteiger partial charge on any atom is 0.338 e. The Balaban J connectivity index is 1.07. The number of aldehydes is 1. The summed E-state index contributed by atoms with van der Waals surface area (Å²) in [5.74, 6) is 0.884. The minimum Gasteiger partial charge on any atom is -0.465 e. The molecule has 0 amide bonds. The van der Waals surface area contributed by atoms with Gasteiger partial charge in [-0.3, -0.25) is 4.79 Å². The minimum absolute atomic E-state index is 0.326. The molecule has 0 aliphatic carbocycles. The first kappa shape index (κ1) is 28.1. The third kappa shape index (κ3) is 7.23. The zero-order valence-electron chi connectivity index (χ0n) is 23.1. The molecule has 2 aromatic carbocycles. The Morgan fingerprint density at radius 3 is 2.41 bits per heavy atom. The van der Waals surface area contributed by atoms with Crippen molar-refractivity contribution in [1.82, 2.24) is 9.21 Å². The van der Waals surface area contributed by atoms with E-state index in [1.807, 2.05) is 24.1 Å². The first-order chi connectivity index (χ1) is 19.0. The number of nitrogens with zero attached hydrogens (tertiary/aromatic N) is 3. The molecule has 0 atom stereocenters. The van der Waals surface area contributed by atoms with Gasteiger partial charge in [-0.2, -0.15) is 0 Å². The van der Waals surface area contributed by atoms with Crippen LogP contribution in [-0.2, 0) is 4.74 Å². The van der Waals surface area contributed by atoms with E-state index in [-0.39, 0.29) is 0 Å². The van der Waals surface area contributed by atoms with Crippen LogP contribution < -0.4 is 10.6 Å². The average Bonchev–Trinajstić information content (AvgIpc) is 2.98. The second kappa shape index (κ2) is 13.3. The van der Waals surface area contributed by atoms with E-state index in [1.54, 1.807) is 6.07 Å². The lowest BCUT2D eigenvalue weighted by Gasteiger charge is -2.38. The summed E-state index contributed by atoms with van der Waals surface area (Å²) in [4.78, 5) is 29.8. The number of anilines is 1. The molecule has 0 spiro atoms. The standard InChI is InChI=1S/C31H42N4O3S/c1-38-31(37)30-6-5-28(19-26(30)22-36)34-15-7-23(8-16-34)21-33-13-9-24(10-14-33)25-3-2-4-29(20-25)39-35-17-11-27(32)12-18-35/h2-6,19-20,22-24,27H,7-18,21,32H2,1H3. The number of hydrogen-bond acceptors (Lipinski definition) is 8. The summed E-state index contributed by atoms with van der Waals surface area (Å²) in [5, 5.41) is 0. The molecule has 0 unspecified atom stereocenters. The van der Waals surface area contributed by atoms with Crippen LogP contribution in [0.2, 0.25) is 0 Å². The van der Waals surface area contributed by atoms with Gasteiger partial charge in [-0.1, -0.05) is 12.1 Å². The number of ether oxygens (including phenoxy) is 1. The normalized spacial score (nSPS) is 20.7. The molecule has 3 heterocycles. The Morgan fingerprint density at radius 1 is 0.974 bits per heavy atom. The number of benzene rings is 2. The second-order valence-corrected chi connectivity index (χ2v) is 12.5. The monoisotopic (exact) mass is 550 g/mol. The third-order valence-corrected chi connectivity index (χ3v) is 9.80. The van der Waals surface area contributed by atoms with Gasteiger partial charge in [0.05, 0.1) is 12.7 Å². The molecule has 8 heteroatoms. The lowest BCUT2D eigenvalue weighted by atomic mass is 9.88. The summed E-state index contributed by atoms with van der Waals surface area (Å²) in [6, 6.07) is 15.0. The zero-order valence-corrected chi connectivity index (χ0v) is 23.9. The van der Waals surface area contributed by atoms with E-state index < -0.39 is 5.97 Å². The Hall–Kier alpha value is -2.39. The molecule has 3 aliphatic rings. The predicted molar refractivity (Wildman–Crippen MR) is 158 cm³/mol. The smallest absolute Gasteiger partial charge is 0.338 e. The highest BCUT2D eigenvalue weighted by atomic mass is 32.2. The number of piperidine rings is 3. The van der Waals surface area contributed by atoms with Crippen LogP contribution in [-0.4, -0.2) is 80.4 Å². The van der Waals surface area contributed by atoms with Gasteiger partial charge in [-0.25, -0.2) is 9.10 Å². The van der Waals surface area contributed by atoms with Crippen LogP contribution in [0, 0.1) is 5.92 Å². The van der Waals surface area contributed by atoms with E-state index >= 15 is 0 Å². The van der Waals surface area contributed by atoms with Crippen molar-refractivity contribution in [1.29, 1.82) is 0 Å². The highest BCUT2D eigenvalue weighted by Crippen LogP contribution is 2.33. The largest absolute Gasteiger partial charge is 0.465 e. The molecule has 0 bridgehead atoms. The predicted octanol–water partition coefficient (Wildman–Crippen LogP) is 4.81. The number of nitrogens with two attached hydrogens (primary N) is 1. The van der Waals surface area contributed by atoms with Crippen molar-refractivity contribution in [2.75, 3.05) is 57.8 Å². The molecule has 3 aliphatic heterocycles. The number of hydrogen-bond donors (Lipinski definition) is 1. The number of esters is 1. The topological polar surface area (TPSA) is 79.1 Å². The minimum atomic E-state index is -0.471. The molecule has 210 valence electrons. The molecular weight excluding hydrogens is 508 g/mol. The highest BCUT2D eigenvalue weighted by Gasteiger charge is 2.26. The van der Waals surface area contributed by atoms with Gasteiger partial charge in [-0.05, 0) is 111 Å². The summed E-state index contributed by atoms with van der Waals surface area (Å²) in [6.45, 7) is 7.63.